The predicted octanol–water partition coefficient (Wildman–Crippen LogP) is 2.59. The number of anilines is 2. The Bertz CT molecular complexity index is 644. The van der Waals surface area contributed by atoms with Gasteiger partial charge >= 0.3 is 0 Å². The molecule has 4 nitrogen and oxygen atoms in total. The van der Waals surface area contributed by atoms with Gasteiger partial charge in [0.15, 0.2) is 0 Å². The van der Waals surface area contributed by atoms with Crippen molar-refractivity contribution in [2.75, 3.05) is 17.7 Å². The molecule has 0 unspecified atom stereocenters. The molecular weight excluding hydrogens is 271 g/mol. The van der Waals surface area contributed by atoms with Crippen LogP contribution in [0.1, 0.15) is 22.3 Å². The number of carbonyl (C=O) groups is 1. The van der Waals surface area contributed by atoms with Crippen LogP contribution in [0.15, 0.2) is 42.5 Å². The van der Waals surface area contributed by atoms with Crippen molar-refractivity contribution >= 4 is 17.3 Å². The fourth-order valence-electron chi connectivity index (χ4n) is 2.00. The molecule has 2 rings (SSSR count). The molecule has 0 saturated heterocycles. The van der Waals surface area contributed by atoms with E-state index in [9.17, 15) is 9.18 Å². The average molecular weight is 288 g/mol. The first-order chi connectivity index (χ1) is 10.1. The first-order valence-electron chi connectivity index (χ1n) is 6.66. The van der Waals surface area contributed by atoms with E-state index in [-0.39, 0.29) is 17.9 Å². The number of nitrogen functional groups attached to an aromatic ring is 1. The van der Waals surface area contributed by atoms with Gasteiger partial charge in [0, 0.05) is 18.0 Å². The van der Waals surface area contributed by atoms with E-state index in [1.807, 2.05) is 18.2 Å². The van der Waals surface area contributed by atoms with E-state index >= 15 is 0 Å². The van der Waals surface area contributed by atoms with Gasteiger partial charge in [-0.3, -0.25) is 4.79 Å². The molecule has 0 saturated carbocycles. The first kappa shape index (κ1) is 15.0. The summed E-state index contributed by atoms with van der Waals surface area (Å²) in [5, 5.41) is 11.5. The summed E-state index contributed by atoms with van der Waals surface area (Å²) in [5.41, 5.74) is 7.27. The molecule has 0 aromatic heterocycles. The van der Waals surface area contributed by atoms with Crippen molar-refractivity contribution in [1.82, 2.24) is 0 Å². The molecule has 4 N–H and O–H groups in total. The van der Waals surface area contributed by atoms with Crippen LogP contribution in [0.5, 0.6) is 0 Å². The molecule has 0 aliphatic heterocycles. The smallest absolute Gasteiger partial charge is 0.258 e. The lowest BCUT2D eigenvalue weighted by molar-refractivity contribution is 0.102. The summed E-state index contributed by atoms with van der Waals surface area (Å²) in [6.45, 7) is 0.118. The highest BCUT2D eigenvalue weighted by molar-refractivity contribution is 6.04. The van der Waals surface area contributed by atoms with Crippen LogP contribution < -0.4 is 11.1 Å². The topological polar surface area (TPSA) is 75.4 Å². The normalized spacial score (nSPS) is 10.4. The second kappa shape index (κ2) is 6.85. The second-order valence-electron chi connectivity index (χ2n) is 4.72. The van der Waals surface area contributed by atoms with Crippen molar-refractivity contribution in [2.24, 2.45) is 0 Å². The fourth-order valence-corrected chi connectivity index (χ4v) is 2.00. The molecule has 0 atom stereocenters. The van der Waals surface area contributed by atoms with Crippen molar-refractivity contribution in [3.8, 4) is 0 Å². The summed E-state index contributed by atoms with van der Waals surface area (Å²) in [7, 11) is 0. The van der Waals surface area contributed by atoms with E-state index in [2.05, 4.69) is 5.32 Å². The summed E-state index contributed by atoms with van der Waals surface area (Å²) in [6, 6.07) is 11.2. The molecule has 0 radical (unpaired) electrons. The molecule has 0 heterocycles. The van der Waals surface area contributed by atoms with Crippen LogP contribution in [0, 0.1) is 5.82 Å². The Morgan fingerprint density at radius 3 is 2.76 bits per heavy atom. The molecule has 0 aliphatic rings. The molecular formula is C16H17FN2O2. The number of aryl methyl sites for hydroxylation is 1. The Morgan fingerprint density at radius 2 is 2.05 bits per heavy atom. The van der Waals surface area contributed by atoms with Crippen LogP contribution in [0.2, 0.25) is 0 Å². The van der Waals surface area contributed by atoms with Gasteiger partial charge in [-0.2, -0.15) is 0 Å². The van der Waals surface area contributed by atoms with Gasteiger partial charge < -0.3 is 16.2 Å². The van der Waals surface area contributed by atoms with Gasteiger partial charge in [-0.25, -0.2) is 4.39 Å². The number of hydrogen-bond acceptors (Lipinski definition) is 3. The Hall–Kier alpha value is -2.40. The maximum absolute atomic E-state index is 13.7. The number of aliphatic hydroxyl groups excluding tert-OH is 1. The third-order valence-electron chi connectivity index (χ3n) is 3.05. The highest BCUT2D eigenvalue weighted by atomic mass is 19.1. The van der Waals surface area contributed by atoms with Gasteiger partial charge in [-0.15, -0.1) is 0 Å². The van der Waals surface area contributed by atoms with Crippen LogP contribution in [0.25, 0.3) is 0 Å². The molecule has 0 bridgehead atoms. The Kier molecular flexibility index (Phi) is 4.90. The summed E-state index contributed by atoms with van der Waals surface area (Å²) >= 11 is 0. The maximum atomic E-state index is 13.7. The van der Waals surface area contributed by atoms with E-state index < -0.39 is 11.7 Å². The maximum Gasteiger partial charge on any atom is 0.258 e. The van der Waals surface area contributed by atoms with Crippen LogP contribution in [-0.4, -0.2) is 17.6 Å². The molecule has 1 amide bonds. The van der Waals surface area contributed by atoms with Gasteiger partial charge in [-0.05, 0) is 48.7 Å². The first-order valence-corrected chi connectivity index (χ1v) is 6.66. The molecule has 110 valence electrons. The molecule has 2 aromatic rings. The Labute approximate surface area is 122 Å². The number of rotatable bonds is 5. The van der Waals surface area contributed by atoms with E-state index in [1.54, 1.807) is 6.07 Å². The van der Waals surface area contributed by atoms with Crippen molar-refractivity contribution < 1.29 is 14.3 Å². The number of hydrogen-bond donors (Lipinski definition) is 3. The third kappa shape index (κ3) is 4.03. The molecule has 0 fully saturated rings. The lowest BCUT2D eigenvalue weighted by Crippen LogP contribution is -2.14. The quantitative estimate of drug-likeness (QED) is 0.740. The SMILES string of the molecule is Nc1ccc(C(=O)Nc2cccc(CCCO)c2)c(F)c1. The zero-order valence-corrected chi connectivity index (χ0v) is 11.5. The minimum Gasteiger partial charge on any atom is -0.399 e. The van der Waals surface area contributed by atoms with Gasteiger partial charge in [-0.1, -0.05) is 12.1 Å². The lowest BCUT2D eigenvalue weighted by Gasteiger charge is -2.08. The zero-order chi connectivity index (χ0) is 15.2. The van der Waals surface area contributed by atoms with Crippen molar-refractivity contribution in [3.63, 3.8) is 0 Å². The second-order valence-corrected chi connectivity index (χ2v) is 4.72. The number of benzene rings is 2. The number of amides is 1. The highest BCUT2D eigenvalue weighted by Crippen LogP contribution is 2.16. The highest BCUT2D eigenvalue weighted by Gasteiger charge is 2.12. The largest absolute Gasteiger partial charge is 0.399 e. The molecule has 5 heteroatoms. The van der Waals surface area contributed by atoms with Gasteiger partial charge in [0.05, 0.1) is 5.56 Å². The monoisotopic (exact) mass is 288 g/mol. The number of aliphatic hydroxyl groups is 1. The van der Waals surface area contributed by atoms with E-state index in [0.717, 1.165) is 18.1 Å². The number of carbonyl (C=O) groups excluding carboxylic acids is 1. The van der Waals surface area contributed by atoms with Crippen LogP contribution in [0.3, 0.4) is 0 Å². The Morgan fingerprint density at radius 1 is 1.24 bits per heavy atom. The number of halogens is 1. The molecule has 0 spiro atoms. The lowest BCUT2D eigenvalue weighted by atomic mass is 10.1. The van der Waals surface area contributed by atoms with E-state index in [4.69, 9.17) is 10.8 Å². The van der Waals surface area contributed by atoms with Gasteiger partial charge in [0.1, 0.15) is 5.82 Å². The van der Waals surface area contributed by atoms with Crippen LogP contribution in [-0.2, 0) is 6.42 Å². The van der Waals surface area contributed by atoms with Crippen molar-refractivity contribution in [3.05, 3.63) is 59.4 Å². The molecule has 0 aliphatic carbocycles. The van der Waals surface area contributed by atoms with E-state index in [0.29, 0.717) is 12.1 Å². The fraction of sp³-hybridized carbons (Fsp3) is 0.188. The summed E-state index contributed by atoms with van der Waals surface area (Å²) in [6.07, 6.45) is 1.38. The molecule has 21 heavy (non-hydrogen) atoms. The Balaban J connectivity index is 2.12. The van der Waals surface area contributed by atoms with Crippen molar-refractivity contribution in [2.45, 2.75) is 12.8 Å². The predicted molar refractivity (Wildman–Crippen MR) is 80.6 cm³/mol. The molecule has 2 aromatic carbocycles. The summed E-state index contributed by atoms with van der Waals surface area (Å²) in [4.78, 5) is 12.0. The third-order valence-corrected chi connectivity index (χ3v) is 3.05. The summed E-state index contributed by atoms with van der Waals surface area (Å²) < 4.78 is 13.7. The van der Waals surface area contributed by atoms with Crippen LogP contribution in [0.4, 0.5) is 15.8 Å². The average Bonchev–Trinajstić information content (AvgIpc) is 2.45. The van der Waals surface area contributed by atoms with Crippen molar-refractivity contribution in [1.29, 1.82) is 0 Å². The minimum atomic E-state index is -0.649. The summed E-state index contributed by atoms with van der Waals surface area (Å²) in [5.74, 6) is -1.17. The van der Waals surface area contributed by atoms with Gasteiger partial charge in [0.25, 0.3) is 5.91 Å². The van der Waals surface area contributed by atoms with Gasteiger partial charge in [0.2, 0.25) is 0 Å². The zero-order valence-electron chi connectivity index (χ0n) is 11.5. The van der Waals surface area contributed by atoms with Crippen LogP contribution >= 0.6 is 0 Å². The number of nitrogens with one attached hydrogen (secondary N) is 1. The van der Waals surface area contributed by atoms with E-state index in [1.165, 1.54) is 12.1 Å². The minimum absolute atomic E-state index is 0.0510. The standard InChI is InChI=1S/C16H17FN2O2/c17-15-10-12(18)6-7-14(15)16(21)19-13-5-1-3-11(9-13)4-2-8-20/h1,3,5-7,9-10,20H,2,4,8,18H2,(H,19,21). The number of nitrogens with two attached hydrogens (primary N) is 1.